The molecule has 0 aliphatic carbocycles. The number of hydrogen-bond acceptors (Lipinski definition) is 5. The Bertz CT molecular complexity index is 760. The van der Waals surface area contributed by atoms with Crippen LogP contribution in [0.3, 0.4) is 0 Å². The number of ether oxygens (including phenoxy) is 1. The Morgan fingerprint density at radius 2 is 2.00 bits per heavy atom. The van der Waals surface area contributed by atoms with Crippen molar-refractivity contribution in [3.8, 4) is 11.8 Å². The first-order valence-electron chi connectivity index (χ1n) is 6.57. The molecule has 1 aromatic carbocycles. The lowest BCUT2D eigenvalue weighted by Gasteiger charge is -2.08. The number of rotatable bonds is 6. The van der Waals surface area contributed by atoms with Crippen LogP contribution < -0.4 is 10.2 Å². The van der Waals surface area contributed by atoms with Gasteiger partial charge < -0.3 is 9.30 Å². The van der Waals surface area contributed by atoms with Crippen LogP contribution in [0.4, 0.5) is 5.69 Å². The average Bonchev–Trinajstić information content (AvgIpc) is 2.53. The molecule has 22 heavy (non-hydrogen) atoms. The summed E-state index contributed by atoms with van der Waals surface area (Å²) in [5, 5.41) is 19.4. The quantitative estimate of drug-likeness (QED) is 0.462. The summed E-state index contributed by atoms with van der Waals surface area (Å²) in [6, 6.07) is 9.96. The molecule has 0 fully saturated rings. The fourth-order valence-corrected chi connectivity index (χ4v) is 1.85. The van der Waals surface area contributed by atoms with Gasteiger partial charge in [-0.2, -0.15) is 5.26 Å². The van der Waals surface area contributed by atoms with Gasteiger partial charge in [0.2, 0.25) is 0 Å². The van der Waals surface area contributed by atoms with E-state index < -0.39 is 16.0 Å². The van der Waals surface area contributed by atoms with Crippen LogP contribution in [0.2, 0.25) is 0 Å². The van der Waals surface area contributed by atoms with E-state index in [0.29, 0.717) is 30.9 Å². The molecule has 7 nitrogen and oxygen atoms in total. The van der Waals surface area contributed by atoms with Crippen LogP contribution >= 0.6 is 0 Å². The average molecular weight is 299 g/mol. The van der Waals surface area contributed by atoms with Crippen molar-refractivity contribution >= 4 is 5.69 Å². The summed E-state index contributed by atoms with van der Waals surface area (Å²) in [6.45, 7) is 0.920. The molecule has 0 bridgehead atoms. The van der Waals surface area contributed by atoms with E-state index >= 15 is 0 Å². The van der Waals surface area contributed by atoms with Crippen LogP contribution in [0.5, 0.6) is 5.75 Å². The van der Waals surface area contributed by atoms with E-state index in [9.17, 15) is 14.9 Å². The summed E-state index contributed by atoms with van der Waals surface area (Å²) in [5.74, 6) is 0.657. The zero-order chi connectivity index (χ0) is 15.9. The summed E-state index contributed by atoms with van der Waals surface area (Å²) >= 11 is 0. The highest BCUT2D eigenvalue weighted by Gasteiger charge is 2.11. The molecule has 0 spiro atoms. The predicted molar refractivity (Wildman–Crippen MR) is 78.6 cm³/mol. The van der Waals surface area contributed by atoms with E-state index in [4.69, 9.17) is 10.00 Å². The highest BCUT2D eigenvalue weighted by atomic mass is 16.6. The van der Waals surface area contributed by atoms with Gasteiger partial charge in [0.1, 0.15) is 5.75 Å². The molecular formula is C15H13N3O4. The molecule has 2 aromatic rings. The van der Waals surface area contributed by atoms with Gasteiger partial charge in [-0.05, 0) is 30.7 Å². The zero-order valence-corrected chi connectivity index (χ0v) is 11.6. The number of pyridine rings is 1. The standard InChI is InChI=1S/C15H13N3O4/c16-10-12-2-4-13(5-3-12)22-9-1-7-17-8-6-15(19)14(11-17)18(20)21/h2-6,8,11H,1,7,9H2. The molecule has 0 saturated carbocycles. The first-order chi connectivity index (χ1) is 10.6. The maximum atomic E-state index is 11.3. The highest BCUT2D eigenvalue weighted by Crippen LogP contribution is 2.12. The number of aromatic nitrogens is 1. The lowest BCUT2D eigenvalue weighted by molar-refractivity contribution is -0.386. The molecule has 2 rings (SSSR count). The fraction of sp³-hybridized carbons (Fsp3) is 0.200. The van der Waals surface area contributed by atoms with Crippen LogP contribution in [0.25, 0.3) is 0 Å². The van der Waals surface area contributed by atoms with E-state index in [1.807, 2.05) is 6.07 Å². The van der Waals surface area contributed by atoms with E-state index in [-0.39, 0.29) is 0 Å². The SMILES string of the molecule is N#Cc1ccc(OCCCn2ccc(=O)c([N+](=O)[O-])c2)cc1. The molecule has 0 aliphatic heterocycles. The number of nitro groups is 1. The molecule has 112 valence electrons. The second-order valence-electron chi connectivity index (χ2n) is 4.53. The van der Waals surface area contributed by atoms with Crippen molar-refractivity contribution in [3.63, 3.8) is 0 Å². The van der Waals surface area contributed by atoms with Crippen LogP contribution in [0.15, 0.2) is 47.5 Å². The van der Waals surface area contributed by atoms with Gasteiger partial charge >= 0.3 is 5.69 Å². The van der Waals surface area contributed by atoms with Gasteiger partial charge in [-0.1, -0.05) is 0 Å². The molecular weight excluding hydrogens is 286 g/mol. The topological polar surface area (TPSA) is 98.2 Å². The zero-order valence-electron chi connectivity index (χ0n) is 11.6. The Morgan fingerprint density at radius 3 is 2.64 bits per heavy atom. The summed E-state index contributed by atoms with van der Waals surface area (Å²) in [4.78, 5) is 21.3. The van der Waals surface area contributed by atoms with Gasteiger partial charge in [-0.15, -0.1) is 0 Å². The van der Waals surface area contributed by atoms with Crippen molar-refractivity contribution in [1.29, 1.82) is 5.26 Å². The molecule has 0 radical (unpaired) electrons. The van der Waals surface area contributed by atoms with Crippen LogP contribution in [0.1, 0.15) is 12.0 Å². The molecule has 7 heteroatoms. The number of nitrogens with zero attached hydrogens (tertiary/aromatic N) is 3. The summed E-state index contributed by atoms with van der Waals surface area (Å²) in [7, 11) is 0. The molecule has 0 unspecified atom stereocenters. The minimum absolute atomic E-state index is 0.422. The highest BCUT2D eigenvalue weighted by molar-refractivity contribution is 5.34. The minimum Gasteiger partial charge on any atom is -0.494 e. The third-order valence-corrected chi connectivity index (χ3v) is 2.97. The number of nitriles is 1. The fourth-order valence-electron chi connectivity index (χ4n) is 1.85. The second-order valence-corrected chi connectivity index (χ2v) is 4.53. The maximum absolute atomic E-state index is 11.3. The van der Waals surface area contributed by atoms with Crippen LogP contribution in [0, 0.1) is 21.4 Å². The van der Waals surface area contributed by atoms with Gasteiger partial charge in [0.05, 0.1) is 29.4 Å². The van der Waals surface area contributed by atoms with Crippen molar-refractivity contribution in [2.24, 2.45) is 0 Å². The monoisotopic (exact) mass is 299 g/mol. The van der Waals surface area contributed by atoms with Crippen molar-refractivity contribution in [1.82, 2.24) is 4.57 Å². The molecule has 1 heterocycles. The molecule has 0 saturated heterocycles. The van der Waals surface area contributed by atoms with Crippen molar-refractivity contribution < 1.29 is 9.66 Å². The van der Waals surface area contributed by atoms with E-state index in [0.717, 1.165) is 0 Å². The van der Waals surface area contributed by atoms with Gasteiger partial charge in [-0.25, -0.2) is 0 Å². The number of benzene rings is 1. The third kappa shape index (κ3) is 3.93. The van der Waals surface area contributed by atoms with Gasteiger partial charge in [0.15, 0.2) is 0 Å². The molecule has 0 N–H and O–H groups in total. The van der Waals surface area contributed by atoms with E-state index in [1.165, 1.54) is 18.5 Å². The first kappa shape index (κ1) is 15.3. The Morgan fingerprint density at radius 1 is 1.27 bits per heavy atom. The minimum atomic E-state index is -0.688. The Labute approximate surface area is 126 Å². The molecule has 0 aliphatic rings. The van der Waals surface area contributed by atoms with Crippen molar-refractivity contribution in [3.05, 3.63) is 68.6 Å². The Hall–Kier alpha value is -3.14. The lowest BCUT2D eigenvalue weighted by Crippen LogP contribution is -2.12. The molecule has 1 aromatic heterocycles. The lowest BCUT2D eigenvalue weighted by atomic mass is 10.2. The van der Waals surface area contributed by atoms with Crippen LogP contribution in [-0.4, -0.2) is 16.1 Å². The summed E-state index contributed by atoms with van der Waals surface area (Å²) in [6.07, 6.45) is 3.36. The summed E-state index contributed by atoms with van der Waals surface area (Å²) in [5.41, 5.74) is -0.474. The number of hydrogen-bond donors (Lipinski definition) is 0. The van der Waals surface area contributed by atoms with Crippen molar-refractivity contribution in [2.75, 3.05) is 6.61 Å². The second kappa shape index (κ2) is 7.04. The largest absolute Gasteiger partial charge is 0.494 e. The predicted octanol–water partition coefficient (Wildman–Crippen LogP) is 2.10. The number of aryl methyl sites for hydroxylation is 1. The van der Waals surface area contributed by atoms with Crippen LogP contribution in [-0.2, 0) is 6.54 Å². The van der Waals surface area contributed by atoms with E-state index in [2.05, 4.69) is 0 Å². The van der Waals surface area contributed by atoms with Gasteiger partial charge in [-0.3, -0.25) is 14.9 Å². The third-order valence-electron chi connectivity index (χ3n) is 2.97. The normalized spacial score (nSPS) is 9.95. The summed E-state index contributed by atoms with van der Waals surface area (Å²) < 4.78 is 7.10. The maximum Gasteiger partial charge on any atom is 0.332 e. The first-order valence-corrected chi connectivity index (χ1v) is 6.57. The van der Waals surface area contributed by atoms with Gasteiger partial charge in [0.25, 0.3) is 5.43 Å². The van der Waals surface area contributed by atoms with Gasteiger partial charge in [0, 0.05) is 18.8 Å². The Balaban J connectivity index is 1.86. The smallest absolute Gasteiger partial charge is 0.332 e. The van der Waals surface area contributed by atoms with E-state index in [1.54, 1.807) is 28.8 Å². The van der Waals surface area contributed by atoms with Crippen molar-refractivity contribution in [2.45, 2.75) is 13.0 Å². The Kier molecular flexibility index (Phi) is 4.88. The molecule has 0 amide bonds. The molecule has 0 atom stereocenters.